The number of ether oxygens (including phenoxy) is 1. The molecule has 0 aromatic carbocycles. The maximum atomic E-state index is 12.4. The van der Waals surface area contributed by atoms with Crippen LogP contribution in [0.25, 0.3) is 0 Å². The molecule has 1 aromatic rings. The van der Waals surface area contributed by atoms with E-state index in [4.69, 9.17) is 4.74 Å². The molecule has 0 atom stereocenters. The fraction of sp³-hybridized carbons (Fsp3) is 0.600. The molecule has 0 saturated carbocycles. The number of hydrogen-bond acceptors (Lipinski definition) is 3. The van der Waals surface area contributed by atoms with E-state index in [1.807, 2.05) is 6.92 Å². The minimum Gasteiger partial charge on any atom is -0.476 e. The third-order valence-electron chi connectivity index (χ3n) is 3.41. The average Bonchev–Trinajstić information content (AvgIpc) is 3.04. The summed E-state index contributed by atoms with van der Waals surface area (Å²) in [5.74, 6) is 1.02. The molecule has 2 rings (SSSR count). The second-order valence-electron chi connectivity index (χ2n) is 5.16. The van der Waals surface area contributed by atoms with E-state index < -0.39 is 11.7 Å². The first-order chi connectivity index (χ1) is 11.0. The van der Waals surface area contributed by atoms with Crippen LogP contribution in [0.1, 0.15) is 25.3 Å². The van der Waals surface area contributed by atoms with E-state index in [-0.39, 0.29) is 12.5 Å². The number of nitrogens with one attached hydrogen (secondary N) is 1. The van der Waals surface area contributed by atoms with Gasteiger partial charge >= 0.3 is 6.18 Å². The van der Waals surface area contributed by atoms with Gasteiger partial charge in [0, 0.05) is 31.9 Å². The van der Waals surface area contributed by atoms with E-state index in [1.54, 1.807) is 0 Å². The highest BCUT2D eigenvalue weighted by Crippen LogP contribution is 2.29. The van der Waals surface area contributed by atoms with Crippen LogP contribution in [0, 0.1) is 0 Å². The van der Waals surface area contributed by atoms with Gasteiger partial charge in [-0.05, 0) is 25.8 Å². The highest BCUT2D eigenvalue weighted by Gasteiger charge is 2.30. The van der Waals surface area contributed by atoms with Gasteiger partial charge in [-0.1, -0.05) is 0 Å². The quantitative estimate of drug-likeness (QED) is 0.512. The number of halogens is 3. The predicted molar refractivity (Wildman–Crippen MR) is 81.5 cm³/mol. The van der Waals surface area contributed by atoms with Crippen LogP contribution in [0.5, 0.6) is 5.88 Å². The van der Waals surface area contributed by atoms with Crippen molar-refractivity contribution in [3.63, 3.8) is 0 Å². The number of aliphatic imine (C=N–C) groups is 1. The van der Waals surface area contributed by atoms with Crippen molar-refractivity contribution in [2.75, 3.05) is 32.8 Å². The van der Waals surface area contributed by atoms with Crippen molar-refractivity contribution in [2.24, 2.45) is 4.99 Å². The molecule has 0 spiro atoms. The lowest BCUT2D eigenvalue weighted by atomic mass is 10.3. The summed E-state index contributed by atoms with van der Waals surface area (Å²) >= 11 is 0. The van der Waals surface area contributed by atoms with Gasteiger partial charge in [0.2, 0.25) is 5.88 Å². The third-order valence-corrected chi connectivity index (χ3v) is 3.41. The monoisotopic (exact) mass is 330 g/mol. The van der Waals surface area contributed by atoms with Gasteiger partial charge in [0.05, 0.1) is 12.1 Å². The van der Waals surface area contributed by atoms with E-state index in [0.29, 0.717) is 6.54 Å². The van der Waals surface area contributed by atoms with Crippen molar-refractivity contribution in [2.45, 2.75) is 25.9 Å². The molecule has 1 aliphatic rings. The van der Waals surface area contributed by atoms with Crippen molar-refractivity contribution in [1.29, 1.82) is 0 Å². The van der Waals surface area contributed by atoms with E-state index >= 15 is 0 Å². The van der Waals surface area contributed by atoms with Crippen LogP contribution in [0.4, 0.5) is 13.2 Å². The standard InChI is InChI=1S/C15H21F3N4O/c1-2-19-14(22-8-3-4-9-22)20-7-10-23-13-6-5-12(11-21-13)15(16,17)18/h5-6,11H,2-4,7-10H2,1H3,(H,19,20). The van der Waals surface area contributed by atoms with Gasteiger partial charge in [-0.2, -0.15) is 13.2 Å². The molecule has 8 heteroatoms. The minimum absolute atomic E-state index is 0.166. The smallest absolute Gasteiger partial charge is 0.417 e. The molecular weight excluding hydrogens is 309 g/mol. The first kappa shape index (κ1) is 17.4. The second-order valence-corrected chi connectivity index (χ2v) is 5.16. The highest BCUT2D eigenvalue weighted by atomic mass is 19.4. The number of pyridine rings is 1. The van der Waals surface area contributed by atoms with Gasteiger partial charge in [-0.25, -0.2) is 9.98 Å². The summed E-state index contributed by atoms with van der Waals surface area (Å²) in [7, 11) is 0. The lowest BCUT2D eigenvalue weighted by molar-refractivity contribution is -0.137. The van der Waals surface area contributed by atoms with Crippen LogP contribution in [-0.4, -0.2) is 48.6 Å². The molecule has 0 amide bonds. The summed E-state index contributed by atoms with van der Waals surface area (Å²) in [5.41, 5.74) is -0.786. The highest BCUT2D eigenvalue weighted by molar-refractivity contribution is 5.80. The number of likely N-dealkylation sites (tertiary alicyclic amines) is 1. The number of aromatic nitrogens is 1. The molecule has 2 heterocycles. The summed E-state index contributed by atoms with van der Waals surface area (Å²) in [6, 6.07) is 2.18. The zero-order valence-electron chi connectivity index (χ0n) is 13.1. The van der Waals surface area contributed by atoms with Crippen molar-refractivity contribution in [3.05, 3.63) is 23.9 Å². The Morgan fingerprint density at radius 3 is 2.65 bits per heavy atom. The normalized spacial score (nSPS) is 15.8. The van der Waals surface area contributed by atoms with Crippen LogP contribution in [0.3, 0.4) is 0 Å². The lowest BCUT2D eigenvalue weighted by Gasteiger charge is -2.20. The fourth-order valence-corrected chi connectivity index (χ4v) is 2.29. The first-order valence-electron chi connectivity index (χ1n) is 7.70. The molecule has 0 unspecified atom stereocenters. The van der Waals surface area contributed by atoms with Crippen LogP contribution < -0.4 is 10.1 Å². The summed E-state index contributed by atoms with van der Waals surface area (Å²) in [6.45, 7) is 5.47. The third kappa shape index (κ3) is 5.30. The Hall–Kier alpha value is -1.99. The molecule has 1 fully saturated rings. The van der Waals surface area contributed by atoms with E-state index in [9.17, 15) is 13.2 Å². The van der Waals surface area contributed by atoms with Gasteiger partial charge in [0.15, 0.2) is 5.96 Å². The molecule has 1 N–H and O–H groups in total. The first-order valence-corrected chi connectivity index (χ1v) is 7.70. The largest absolute Gasteiger partial charge is 0.476 e. The van der Waals surface area contributed by atoms with Gasteiger partial charge in [-0.15, -0.1) is 0 Å². The molecule has 128 valence electrons. The minimum atomic E-state index is -4.38. The maximum Gasteiger partial charge on any atom is 0.417 e. The predicted octanol–water partition coefficient (Wildman–Crippen LogP) is 2.54. The zero-order chi connectivity index (χ0) is 16.7. The van der Waals surface area contributed by atoms with Gasteiger partial charge < -0.3 is 15.0 Å². The number of rotatable bonds is 5. The van der Waals surface area contributed by atoms with Crippen molar-refractivity contribution < 1.29 is 17.9 Å². The molecule has 1 aliphatic heterocycles. The lowest BCUT2D eigenvalue weighted by Crippen LogP contribution is -2.39. The Labute approximate surface area is 133 Å². The van der Waals surface area contributed by atoms with E-state index in [2.05, 4.69) is 20.2 Å². The Bertz CT molecular complexity index is 510. The topological polar surface area (TPSA) is 49.8 Å². The Morgan fingerprint density at radius 1 is 1.35 bits per heavy atom. The van der Waals surface area contributed by atoms with Gasteiger partial charge in [0.1, 0.15) is 6.61 Å². The van der Waals surface area contributed by atoms with E-state index in [1.165, 1.54) is 6.07 Å². The molecular formula is C15H21F3N4O. The average molecular weight is 330 g/mol. The summed E-state index contributed by atoms with van der Waals surface area (Å²) in [5, 5.41) is 3.23. The van der Waals surface area contributed by atoms with Crippen molar-refractivity contribution in [1.82, 2.24) is 15.2 Å². The number of hydrogen-bond donors (Lipinski definition) is 1. The van der Waals surface area contributed by atoms with Crippen molar-refractivity contribution in [3.8, 4) is 5.88 Å². The summed E-state index contributed by atoms with van der Waals surface area (Å²) in [6.07, 6.45) is -1.29. The SMILES string of the molecule is CCNC(=NCCOc1ccc(C(F)(F)F)cn1)N1CCCC1. The van der Waals surface area contributed by atoms with Gasteiger partial charge in [-0.3, -0.25) is 0 Å². The number of alkyl halides is 3. The Kier molecular flexibility index (Phi) is 6.06. The molecule has 0 aliphatic carbocycles. The summed E-state index contributed by atoms with van der Waals surface area (Å²) < 4.78 is 42.6. The molecule has 5 nitrogen and oxygen atoms in total. The molecule has 1 saturated heterocycles. The molecule has 0 radical (unpaired) electrons. The van der Waals surface area contributed by atoms with Crippen LogP contribution in [-0.2, 0) is 6.18 Å². The van der Waals surface area contributed by atoms with E-state index in [0.717, 1.165) is 50.7 Å². The van der Waals surface area contributed by atoms with Crippen LogP contribution >= 0.6 is 0 Å². The second kappa shape index (κ2) is 8.03. The van der Waals surface area contributed by atoms with Gasteiger partial charge in [0.25, 0.3) is 0 Å². The molecule has 0 bridgehead atoms. The number of nitrogens with zero attached hydrogens (tertiary/aromatic N) is 3. The Morgan fingerprint density at radius 2 is 2.09 bits per heavy atom. The Balaban J connectivity index is 1.82. The van der Waals surface area contributed by atoms with Crippen molar-refractivity contribution >= 4 is 5.96 Å². The fourth-order valence-electron chi connectivity index (χ4n) is 2.29. The zero-order valence-corrected chi connectivity index (χ0v) is 13.1. The van der Waals surface area contributed by atoms with Crippen LogP contribution in [0.2, 0.25) is 0 Å². The molecule has 23 heavy (non-hydrogen) atoms. The number of guanidine groups is 1. The van der Waals surface area contributed by atoms with Crippen LogP contribution in [0.15, 0.2) is 23.3 Å². The maximum absolute atomic E-state index is 12.4. The molecule has 1 aromatic heterocycles. The summed E-state index contributed by atoms with van der Waals surface area (Å²) in [4.78, 5) is 10.3.